The Morgan fingerprint density at radius 1 is 1.37 bits per heavy atom. The van der Waals surface area contributed by atoms with Crippen LogP contribution in [0.15, 0.2) is 29.8 Å². The molecule has 0 bridgehead atoms. The minimum absolute atomic E-state index is 0.0487. The van der Waals surface area contributed by atoms with Crippen LogP contribution in [0, 0.1) is 17.2 Å². The topological polar surface area (TPSA) is 105 Å². The molecule has 3 rings (SSSR count). The van der Waals surface area contributed by atoms with Gasteiger partial charge < -0.3 is 15.8 Å². The zero-order chi connectivity index (χ0) is 21.7. The lowest BCUT2D eigenvalue weighted by atomic mass is 9.88. The van der Waals surface area contributed by atoms with E-state index in [0.717, 1.165) is 41.9 Å². The molecule has 0 radical (unpaired) electrons. The third kappa shape index (κ3) is 4.89. The summed E-state index contributed by atoms with van der Waals surface area (Å²) in [6.07, 6.45) is 5.05. The highest BCUT2D eigenvalue weighted by molar-refractivity contribution is 7.17. The maximum Gasteiger partial charge on any atom is 0.266 e. The summed E-state index contributed by atoms with van der Waals surface area (Å²) >= 11 is 1.38. The Kier molecular flexibility index (Phi) is 6.91. The highest BCUT2D eigenvalue weighted by Gasteiger charge is 2.27. The summed E-state index contributed by atoms with van der Waals surface area (Å²) in [4.78, 5) is 25.9. The van der Waals surface area contributed by atoms with Crippen LogP contribution in [-0.2, 0) is 17.6 Å². The van der Waals surface area contributed by atoms with Crippen molar-refractivity contribution in [1.82, 2.24) is 0 Å². The molecule has 2 aromatic rings. The van der Waals surface area contributed by atoms with E-state index in [1.165, 1.54) is 17.4 Å². The molecule has 6 nitrogen and oxygen atoms in total. The van der Waals surface area contributed by atoms with Crippen molar-refractivity contribution in [3.8, 4) is 11.8 Å². The highest BCUT2D eigenvalue weighted by atomic mass is 32.1. The first-order chi connectivity index (χ1) is 14.4. The van der Waals surface area contributed by atoms with Crippen LogP contribution >= 0.6 is 11.3 Å². The number of ether oxygens (including phenoxy) is 1. The molecule has 1 aliphatic carbocycles. The molecule has 1 aromatic heterocycles. The number of anilines is 1. The fourth-order valence-electron chi connectivity index (χ4n) is 3.47. The molecule has 1 heterocycles. The Morgan fingerprint density at radius 2 is 2.10 bits per heavy atom. The lowest BCUT2D eigenvalue weighted by molar-refractivity contribution is -0.112. The normalized spacial score (nSPS) is 15.8. The van der Waals surface area contributed by atoms with E-state index in [-0.39, 0.29) is 5.57 Å². The number of nitrogens with zero attached hydrogens (tertiary/aromatic N) is 1. The maximum atomic E-state index is 12.7. The number of benzene rings is 1. The number of fused-ring (bicyclic) bond motifs is 1. The number of nitrogens with two attached hydrogens (primary N) is 1. The van der Waals surface area contributed by atoms with Crippen LogP contribution in [0.25, 0.3) is 6.08 Å². The summed E-state index contributed by atoms with van der Waals surface area (Å²) in [6.45, 7) is 4.83. The van der Waals surface area contributed by atoms with Gasteiger partial charge >= 0.3 is 0 Å². The average molecular weight is 424 g/mol. The minimum Gasteiger partial charge on any atom is -0.494 e. The lowest BCUT2D eigenvalue weighted by Crippen LogP contribution is -2.19. The van der Waals surface area contributed by atoms with Crippen molar-refractivity contribution in [1.29, 1.82) is 5.26 Å². The second-order valence-electron chi connectivity index (χ2n) is 7.46. The third-order valence-corrected chi connectivity index (χ3v) is 6.18. The van der Waals surface area contributed by atoms with Crippen molar-refractivity contribution >= 4 is 34.2 Å². The van der Waals surface area contributed by atoms with Gasteiger partial charge in [0.15, 0.2) is 0 Å². The van der Waals surface area contributed by atoms with E-state index in [9.17, 15) is 14.9 Å². The molecular weight excluding hydrogens is 398 g/mol. The third-order valence-electron chi connectivity index (χ3n) is 5.01. The first-order valence-corrected chi connectivity index (χ1v) is 10.8. The van der Waals surface area contributed by atoms with Gasteiger partial charge in [-0.3, -0.25) is 9.59 Å². The predicted octanol–water partition coefficient (Wildman–Crippen LogP) is 4.31. The Bertz CT molecular complexity index is 1020. The summed E-state index contributed by atoms with van der Waals surface area (Å²) in [6, 6.07) is 9.12. The number of hydrogen-bond donors (Lipinski definition) is 2. The molecule has 30 heavy (non-hydrogen) atoms. The van der Waals surface area contributed by atoms with Gasteiger partial charge in [-0.05, 0) is 60.9 Å². The number of hydrogen-bond acceptors (Lipinski definition) is 5. The number of amides is 2. The van der Waals surface area contributed by atoms with E-state index in [1.54, 1.807) is 24.3 Å². The van der Waals surface area contributed by atoms with Crippen molar-refractivity contribution in [3.63, 3.8) is 0 Å². The molecule has 2 amide bonds. The van der Waals surface area contributed by atoms with E-state index < -0.39 is 11.8 Å². The van der Waals surface area contributed by atoms with Gasteiger partial charge in [0.1, 0.15) is 22.4 Å². The summed E-state index contributed by atoms with van der Waals surface area (Å²) in [5.74, 6) is 0.154. The number of nitriles is 1. The number of primary amides is 1. The molecule has 7 heteroatoms. The first kappa shape index (κ1) is 21.6. The second-order valence-corrected chi connectivity index (χ2v) is 8.57. The summed E-state index contributed by atoms with van der Waals surface area (Å²) in [7, 11) is 0. The van der Waals surface area contributed by atoms with Gasteiger partial charge in [-0.2, -0.15) is 5.26 Å². The molecule has 1 unspecified atom stereocenters. The molecule has 0 spiro atoms. The summed E-state index contributed by atoms with van der Waals surface area (Å²) in [5.41, 5.74) is 7.57. The monoisotopic (exact) mass is 423 g/mol. The summed E-state index contributed by atoms with van der Waals surface area (Å²) in [5, 5.41) is 12.7. The van der Waals surface area contributed by atoms with Crippen molar-refractivity contribution < 1.29 is 14.3 Å². The van der Waals surface area contributed by atoms with Crippen LogP contribution in [-0.4, -0.2) is 18.4 Å². The fraction of sp³-hybridized carbons (Fsp3) is 0.348. The Labute approximate surface area is 180 Å². The SMILES string of the molecule is CCCOc1ccc(/C=C(\C#N)C(=O)Nc2sc3c(c2C(N)=O)CCC(C)C3)cc1. The molecule has 1 atom stereocenters. The summed E-state index contributed by atoms with van der Waals surface area (Å²) < 4.78 is 5.54. The van der Waals surface area contributed by atoms with Crippen LogP contribution in [0.1, 0.15) is 53.1 Å². The molecule has 0 saturated carbocycles. The molecule has 1 aromatic carbocycles. The number of nitrogens with one attached hydrogen (secondary N) is 1. The molecule has 3 N–H and O–H groups in total. The quantitative estimate of drug-likeness (QED) is 0.511. The van der Waals surface area contributed by atoms with Crippen molar-refractivity contribution in [3.05, 3.63) is 51.4 Å². The van der Waals surface area contributed by atoms with Gasteiger partial charge in [-0.1, -0.05) is 26.0 Å². The van der Waals surface area contributed by atoms with Crippen LogP contribution in [0.5, 0.6) is 5.75 Å². The Morgan fingerprint density at radius 3 is 2.73 bits per heavy atom. The molecule has 0 fully saturated rings. The van der Waals surface area contributed by atoms with Gasteiger partial charge in [0, 0.05) is 4.88 Å². The van der Waals surface area contributed by atoms with Gasteiger partial charge in [-0.15, -0.1) is 11.3 Å². The van der Waals surface area contributed by atoms with E-state index in [0.29, 0.717) is 28.7 Å². The number of carbonyl (C=O) groups excluding carboxylic acids is 2. The van der Waals surface area contributed by atoms with Crippen molar-refractivity contribution in [2.45, 2.75) is 39.5 Å². The van der Waals surface area contributed by atoms with Gasteiger partial charge in [0.05, 0.1) is 12.2 Å². The van der Waals surface area contributed by atoms with E-state index in [1.807, 2.05) is 13.0 Å². The number of carbonyl (C=O) groups is 2. The fourth-order valence-corrected chi connectivity index (χ4v) is 4.88. The van der Waals surface area contributed by atoms with Gasteiger partial charge in [-0.25, -0.2) is 0 Å². The predicted molar refractivity (Wildman–Crippen MR) is 118 cm³/mol. The number of thiophene rings is 1. The van der Waals surface area contributed by atoms with Gasteiger partial charge in [0.2, 0.25) is 0 Å². The van der Waals surface area contributed by atoms with Crippen molar-refractivity contribution in [2.24, 2.45) is 11.7 Å². The Balaban J connectivity index is 1.81. The van der Waals surface area contributed by atoms with Crippen LogP contribution < -0.4 is 15.8 Å². The van der Waals surface area contributed by atoms with Crippen LogP contribution in [0.2, 0.25) is 0 Å². The lowest BCUT2D eigenvalue weighted by Gasteiger charge is -2.18. The molecule has 0 saturated heterocycles. The Hall–Kier alpha value is -3.11. The smallest absolute Gasteiger partial charge is 0.266 e. The van der Waals surface area contributed by atoms with Crippen molar-refractivity contribution in [2.75, 3.05) is 11.9 Å². The average Bonchev–Trinajstić information content (AvgIpc) is 3.08. The minimum atomic E-state index is -0.557. The zero-order valence-corrected chi connectivity index (χ0v) is 18.0. The van der Waals surface area contributed by atoms with E-state index in [2.05, 4.69) is 12.2 Å². The second kappa shape index (κ2) is 9.59. The van der Waals surface area contributed by atoms with Gasteiger partial charge in [0.25, 0.3) is 11.8 Å². The highest BCUT2D eigenvalue weighted by Crippen LogP contribution is 2.39. The van der Waals surface area contributed by atoms with E-state index in [4.69, 9.17) is 10.5 Å². The van der Waals surface area contributed by atoms with Crippen LogP contribution in [0.3, 0.4) is 0 Å². The number of rotatable bonds is 7. The molecule has 156 valence electrons. The largest absolute Gasteiger partial charge is 0.494 e. The maximum absolute atomic E-state index is 12.7. The molecule has 1 aliphatic rings. The zero-order valence-electron chi connectivity index (χ0n) is 17.2. The molecular formula is C23H25N3O3S. The molecule has 0 aliphatic heterocycles. The van der Waals surface area contributed by atoms with Crippen LogP contribution in [0.4, 0.5) is 5.00 Å². The van der Waals surface area contributed by atoms with E-state index >= 15 is 0 Å². The first-order valence-electron chi connectivity index (χ1n) is 10.0. The standard InChI is InChI=1S/C23H25N3O3S/c1-3-10-29-17-7-5-15(6-8-17)12-16(13-24)22(28)26-23-20(21(25)27)18-9-4-14(2)11-19(18)30-23/h5-8,12,14H,3-4,9-11H2,1-2H3,(H2,25,27)(H,26,28)/b16-12+.